The molecule has 9 heteroatoms. The summed E-state index contributed by atoms with van der Waals surface area (Å²) in [5.41, 5.74) is 7.46. The van der Waals surface area contributed by atoms with Gasteiger partial charge >= 0.3 is 0 Å². The normalized spacial score (nSPS) is 26.2. The first kappa shape index (κ1) is 35.1. The number of ether oxygens (including phenoxy) is 1. The van der Waals surface area contributed by atoms with Gasteiger partial charge in [0.15, 0.2) is 0 Å². The highest BCUT2D eigenvalue weighted by Gasteiger charge is 2.38. The molecule has 6 aliphatic rings. The molecule has 3 aromatic rings. The molecule has 4 saturated heterocycles. The number of piperidine rings is 2. The fourth-order valence-corrected chi connectivity index (χ4v) is 10.7. The smallest absolute Gasteiger partial charge is 0.254 e. The van der Waals surface area contributed by atoms with Crippen molar-refractivity contribution in [2.24, 2.45) is 17.8 Å². The van der Waals surface area contributed by atoms with Gasteiger partial charge in [-0.2, -0.15) is 0 Å². The first-order valence-electron chi connectivity index (χ1n) is 20.5. The van der Waals surface area contributed by atoms with Crippen LogP contribution in [-0.4, -0.2) is 99.0 Å². The van der Waals surface area contributed by atoms with Crippen LogP contribution >= 0.6 is 0 Å². The Labute approximate surface area is 314 Å². The van der Waals surface area contributed by atoms with Crippen LogP contribution in [0, 0.1) is 23.6 Å². The predicted octanol–water partition coefficient (Wildman–Crippen LogP) is 6.40. The van der Waals surface area contributed by atoms with Crippen molar-refractivity contribution in [3.8, 4) is 5.75 Å². The lowest BCUT2D eigenvalue weighted by molar-refractivity contribution is 0.0402. The quantitative estimate of drug-likeness (QED) is 0.293. The number of halogens is 1. The Morgan fingerprint density at radius 3 is 2.32 bits per heavy atom. The number of fused-ring (bicyclic) bond motifs is 2. The van der Waals surface area contributed by atoms with Crippen LogP contribution in [0.4, 0.5) is 15.8 Å². The van der Waals surface area contributed by atoms with Crippen LogP contribution < -0.4 is 15.1 Å². The highest BCUT2D eigenvalue weighted by atomic mass is 19.1. The van der Waals surface area contributed by atoms with E-state index in [4.69, 9.17) is 4.74 Å². The van der Waals surface area contributed by atoms with Crippen LogP contribution in [0.3, 0.4) is 0 Å². The molecule has 3 atom stereocenters. The fraction of sp³-hybridized carbons (Fsp3) is 0.568. The zero-order valence-electron chi connectivity index (χ0n) is 31.2. The largest absolute Gasteiger partial charge is 0.508 e. The number of carbonyl (C=O) groups is 1. The van der Waals surface area contributed by atoms with E-state index in [-0.39, 0.29) is 17.6 Å². The number of piperazine rings is 1. The topological polar surface area (TPSA) is 71.5 Å². The number of hydrogen-bond acceptors (Lipinski definition) is 7. The van der Waals surface area contributed by atoms with Crippen molar-refractivity contribution in [3.05, 3.63) is 88.2 Å². The van der Waals surface area contributed by atoms with E-state index in [2.05, 4.69) is 55.2 Å². The van der Waals surface area contributed by atoms with E-state index in [0.717, 1.165) is 152 Å². The molecule has 8 nitrogen and oxygen atoms in total. The zero-order chi connectivity index (χ0) is 35.9. The molecule has 3 aromatic carbocycles. The van der Waals surface area contributed by atoms with Gasteiger partial charge in [-0.3, -0.25) is 9.69 Å². The molecule has 0 bridgehead atoms. The minimum Gasteiger partial charge on any atom is -0.508 e. The number of nitrogens with zero attached hydrogens (tertiary/aromatic N) is 4. The van der Waals surface area contributed by atoms with E-state index >= 15 is 4.39 Å². The van der Waals surface area contributed by atoms with Crippen molar-refractivity contribution >= 4 is 17.3 Å². The first-order valence-corrected chi connectivity index (χ1v) is 20.5. The standard InChI is InChI=1S/C44H56FN5O3/c45-42-26-35(5-9-41(42)43-38(31-13-22-53-23-14-31)7-3-32-25-37(51)6-10-39(32)43)48-16-11-30(12-17-48)28-47-18-20-49(21-19-47)34-4-8-40-33(24-34)29-50(44(40)52)36-2-1-15-46-27-36/h4-6,8-10,24-26,30-31,36,38,43,46,51H,1-3,7,11-23,27-29H2/t36?,38-,43+/m1/s1. The van der Waals surface area contributed by atoms with Crippen LogP contribution in [-0.2, 0) is 17.7 Å². The van der Waals surface area contributed by atoms with Crippen LogP contribution in [0.5, 0.6) is 5.75 Å². The number of hydrogen-bond donors (Lipinski definition) is 2. The summed E-state index contributed by atoms with van der Waals surface area (Å²) in [6.45, 7) is 11.5. The van der Waals surface area contributed by atoms with Crippen LogP contribution in [0.25, 0.3) is 0 Å². The molecule has 53 heavy (non-hydrogen) atoms. The molecule has 0 saturated carbocycles. The lowest BCUT2D eigenvalue weighted by Gasteiger charge is -2.41. The lowest BCUT2D eigenvalue weighted by Crippen LogP contribution is -2.49. The number of aryl methyl sites for hydroxylation is 1. The van der Waals surface area contributed by atoms with Gasteiger partial charge in [-0.1, -0.05) is 12.1 Å². The third kappa shape index (κ3) is 7.17. The van der Waals surface area contributed by atoms with Crippen molar-refractivity contribution in [1.82, 2.24) is 15.1 Å². The van der Waals surface area contributed by atoms with Gasteiger partial charge in [-0.15, -0.1) is 0 Å². The Balaban J connectivity index is 0.790. The third-order valence-electron chi connectivity index (χ3n) is 13.7. The average molecular weight is 722 g/mol. The zero-order valence-corrected chi connectivity index (χ0v) is 31.2. The van der Waals surface area contributed by atoms with Crippen LogP contribution in [0.1, 0.15) is 83.5 Å². The van der Waals surface area contributed by atoms with E-state index in [9.17, 15) is 9.90 Å². The molecule has 1 aliphatic carbocycles. The number of phenols is 1. The third-order valence-corrected chi connectivity index (χ3v) is 13.7. The number of phenolic OH excluding ortho intramolecular Hbond substituents is 1. The molecule has 9 rings (SSSR count). The Kier molecular flexibility index (Phi) is 10.1. The van der Waals surface area contributed by atoms with Gasteiger partial charge in [0.2, 0.25) is 0 Å². The molecular weight excluding hydrogens is 666 g/mol. The molecule has 0 aromatic heterocycles. The Bertz CT molecular complexity index is 1770. The number of amides is 1. The molecule has 282 valence electrons. The van der Waals surface area contributed by atoms with Gasteiger partial charge in [-0.05, 0) is 140 Å². The summed E-state index contributed by atoms with van der Waals surface area (Å²) in [7, 11) is 0. The average Bonchev–Trinajstić information content (AvgIpc) is 3.54. The van der Waals surface area contributed by atoms with E-state index in [0.29, 0.717) is 29.5 Å². The van der Waals surface area contributed by atoms with Crippen LogP contribution in [0.15, 0.2) is 54.6 Å². The lowest BCUT2D eigenvalue weighted by atomic mass is 9.65. The SMILES string of the molecule is O=C1c2ccc(N3CCN(CC4CCN(c5ccc([C@@H]6c7ccc(O)cc7CC[C@@H]6C6CCOCC6)c(F)c5)CC4)CC3)cc2CN1C1CCCNC1. The molecule has 5 aliphatic heterocycles. The number of benzene rings is 3. The Morgan fingerprint density at radius 2 is 1.55 bits per heavy atom. The van der Waals surface area contributed by atoms with Gasteiger partial charge in [0, 0.05) is 101 Å². The summed E-state index contributed by atoms with van der Waals surface area (Å²) in [6, 6.07) is 18.5. The number of rotatable bonds is 7. The van der Waals surface area contributed by atoms with E-state index in [1.807, 2.05) is 12.1 Å². The second-order valence-corrected chi connectivity index (χ2v) is 16.7. The molecule has 0 radical (unpaired) electrons. The van der Waals surface area contributed by atoms with Crippen molar-refractivity contribution < 1.29 is 19.0 Å². The number of anilines is 2. The molecular formula is C44H56FN5O3. The highest BCUT2D eigenvalue weighted by molar-refractivity contribution is 5.99. The fourth-order valence-electron chi connectivity index (χ4n) is 10.7. The summed E-state index contributed by atoms with van der Waals surface area (Å²) >= 11 is 0. The molecule has 1 unspecified atom stereocenters. The summed E-state index contributed by atoms with van der Waals surface area (Å²) in [4.78, 5) is 22.8. The predicted molar refractivity (Wildman–Crippen MR) is 208 cm³/mol. The maximum absolute atomic E-state index is 16.3. The number of nitrogens with one attached hydrogen (secondary N) is 1. The maximum atomic E-state index is 16.3. The maximum Gasteiger partial charge on any atom is 0.254 e. The summed E-state index contributed by atoms with van der Waals surface area (Å²) < 4.78 is 22.0. The summed E-state index contributed by atoms with van der Waals surface area (Å²) in [5.74, 6) is 1.96. The molecule has 5 heterocycles. The Morgan fingerprint density at radius 1 is 0.792 bits per heavy atom. The van der Waals surface area contributed by atoms with Crippen molar-refractivity contribution in [2.75, 3.05) is 81.9 Å². The second-order valence-electron chi connectivity index (χ2n) is 16.7. The van der Waals surface area contributed by atoms with E-state index in [1.165, 1.54) is 16.8 Å². The summed E-state index contributed by atoms with van der Waals surface area (Å²) in [5, 5.41) is 13.7. The van der Waals surface area contributed by atoms with Gasteiger partial charge in [0.25, 0.3) is 5.91 Å². The number of carbonyl (C=O) groups excluding carboxylic acids is 1. The molecule has 4 fully saturated rings. The van der Waals surface area contributed by atoms with Gasteiger partial charge in [0.1, 0.15) is 11.6 Å². The van der Waals surface area contributed by atoms with Crippen molar-refractivity contribution in [2.45, 2.75) is 69.9 Å². The second kappa shape index (κ2) is 15.2. The highest BCUT2D eigenvalue weighted by Crippen LogP contribution is 2.48. The minimum absolute atomic E-state index is 0.00368. The summed E-state index contributed by atoms with van der Waals surface area (Å²) in [6.07, 6.45) is 8.50. The molecule has 2 N–H and O–H groups in total. The number of aromatic hydroxyl groups is 1. The van der Waals surface area contributed by atoms with E-state index in [1.54, 1.807) is 12.1 Å². The Hall–Kier alpha value is -3.66. The van der Waals surface area contributed by atoms with Crippen LogP contribution in [0.2, 0.25) is 0 Å². The minimum atomic E-state index is -0.0979. The molecule has 1 amide bonds. The van der Waals surface area contributed by atoms with Crippen molar-refractivity contribution in [1.29, 1.82) is 0 Å². The molecule has 0 spiro atoms. The van der Waals surface area contributed by atoms with E-state index < -0.39 is 0 Å². The van der Waals surface area contributed by atoms with Gasteiger partial charge in [-0.25, -0.2) is 4.39 Å². The first-order chi connectivity index (χ1) is 26.0. The van der Waals surface area contributed by atoms with Gasteiger partial charge in [0.05, 0.1) is 0 Å². The van der Waals surface area contributed by atoms with Crippen molar-refractivity contribution in [3.63, 3.8) is 0 Å². The van der Waals surface area contributed by atoms with Gasteiger partial charge < -0.3 is 29.9 Å². The monoisotopic (exact) mass is 721 g/mol.